The molecule has 1 aliphatic heterocycles. The maximum atomic E-state index is 12.5. The number of carbonyl (C=O) groups is 2. The van der Waals surface area contributed by atoms with Crippen LogP contribution in [0, 0.1) is 0 Å². The molecule has 1 rings (SSSR count). The minimum Gasteiger partial charge on any atom is -0.467 e. The van der Waals surface area contributed by atoms with Crippen molar-refractivity contribution in [2.45, 2.75) is 58.1 Å². The molecular weight excluding hydrogens is 342 g/mol. The smallest absolute Gasteiger partial charge is 0.413 e. The first kappa shape index (κ1) is 20.7. The first-order valence-corrected chi connectivity index (χ1v) is 9.12. The normalized spacial score (nSPS) is 23.9. The van der Waals surface area contributed by atoms with Crippen LogP contribution in [0.4, 0.5) is 4.79 Å². The molecule has 0 aromatic carbocycles. The van der Waals surface area contributed by atoms with Crippen molar-refractivity contribution in [1.82, 2.24) is 4.90 Å². The van der Waals surface area contributed by atoms with Gasteiger partial charge in [-0.2, -0.15) is 8.42 Å². The summed E-state index contributed by atoms with van der Waals surface area (Å²) in [5.41, 5.74) is -1.99. The second-order valence-electron chi connectivity index (χ2n) is 6.91. The Balaban J connectivity index is 3.17. The van der Waals surface area contributed by atoms with Crippen LogP contribution in [0.2, 0.25) is 0 Å². The summed E-state index contributed by atoms with van der Waals surface area (Å²) in [6, 6.07) is -1.02. The Hall–Kier alpha value is -1.39. The topological polar surface area (TPSA) is 108 Å². The Morgan fingerprint density at radius 2 is 1.79 bits per heavy atom. The Labute approximate surface area is 142 Å². The molecule has 1 heterocycles. The maximum Gasteiger partial charge on any atom is 0.413 e. The van der Waals surface area contributed by atoms with Crippen LogP contribution in [-0.4, -0.2) is 68.8 Å². The van der Waals surface area contributed by atoms with Gasteiger partial charge in [0.25, 0.3) is 10.1 Å². The molecule has 24 heavy (non-hydrogen) atoms. The van der Waals surface area contributed by atoms with E-state index in [1.54, 1.807) is 34.6 Å². The lowest BCUT2D eigenvalue weighted by atomic mass is 10.1. The zero-order valence-corrected chi connectivity index (χ0v) is 15.8. The minimum absolute atomic E-state index is 0.457. The summed E-state index contributed by atoms with van der Waals surface area (Å²) in [4.78, 5) is 25.7. The second kappa shape index (κ2) is 6.85. The highest BCUT2D eigenvalue weighted by Crippen LogP contribution is 2.34. The quantitative estimate of drug-likeness (QED) is 0.532. The number of esters is 1. The number of methoxy groups -OCH3 is 1. The van der Waals surface area contributed by atoms with Crippen molar-refractivity contribution in [1.29, 1.82) is 0 Å². The summed E-state index contributed by atoms with van der Waals surface area (Å²) in [7, 11) is -2.61. The predicted octanol–water partition coefficient (Wildman–Crippen LogP) is 0.876. The molecule has 0 N–H and O–H groups in total. The molecule has 0 radical (unpaired) electrons. The SMILES string of the molecule is COC(=O)[C@H]1OC(C)(C)N(C(=O)OC(C)(C)C)[C@@H]1COS(C)(=O)=O. The maximum absolute atomic E-state index is 12.5. The van der Waals surface area contributed by atoms with Gasteiger partial charge in [-0.05, 0) is 34.6 Å². The van der Waals surface area contributed by atoms with Crippen LogP contribution in [0.5, 0.6) is 0 Å². The molecule has 0 aromatic heterocycles. The van der Waals surface area contributed by atoms with E-state index in [1.807, 2.05) is 0 Å². The first-order chi connectivity index (χ1) is 10.7. The summed E-state index contributed by atoms with van der Waals surface area (Å²) < 4.78 is 43.0. The Kier molecular flexibility index (Phi) is 5.89. The van der Waals surface area contributed by atoms with Gasteiger partial charge >= 0.3 is 12.1 Å². The van der Waals surface area contributed by atoms with E-state index >= 15 is 0 Å². The second-order valence-corrected chi connectivity index (χ2v) is 8.56. The summed E-state index contributed by atoms with van der Waals surface area (Å²) in [5, 5.41) is 0. The van der Waals surface area contributed by atoms with Gasteiger partial charge in [0, 0.05) is 0 Å². The summed E-state index contributed by atoms with van der Waals surface area (Å²) in [6.07, 6.45) is -1.07. The van der Waals surface area contributed by atoms with Gasteiger partial charge in [0.1, 0.15) is 11.3 Å². The van der Waals surface area contributed by atoms with E-state index in [4.69, 9.17) is 13.7 Å². The molecular formula is C14H25NO8S. The average molecular weight is 367 g/mol. The van der Waals surface area contributed by atoms with E-state index in [-0.39, 0.29) is 0 Å². The zero-order chi connectivity index (χ0) is 18.9. The number of hydrogen-bond donors (Lipinski definition) is 0. The van der Waals surface area contributed by atoms with Crippen molar-refractivity contribution < 1.29 is 36.4 Å². The fourth-order valence-electron chi connectivity index (χ4n) is 2.32. The lowest BCUT2D eigenvalue weighted by Crippen LogP contribution is -2.52. The van der Waals surface area contributed by atoms with Gasteiger partial charge in [0.15, 0.2) is 6.10 Å². The lowest BCUT2D eigenvalue weighted by molar-refractivity contribution is -0.158. The molecule has 0 spiro atoms. The van der Waals surface area contributed by atoms with Gasteiger partial charge in [-0.15, -0.1) is 0 Å². The Morgan fingerprint density at radius 1 is 1.25 bits per heavy atom. The summed E-state index contributed by atoms with van der Waals surface area (Å²) >= 11 is 0. The number of carbonyl (C=O) groups excluding carboxylic acids is 2. The largest absolute Gasteiger partial charge is 0.467 e. The molecule has 1 amide bonds. The van der Waals surface area contributed by atoms with E-state index < -0.39 is 52.3 Å². The van der Waals surface area contributed by atoms with Crippen molar-refractivity contribution in [3.8, 4) is 0 Å². The van der Waals surface area contributed by atoms with Crippen LogP contribution in [0.15, 0.2) is 0 Å². The third kappa shape index (κ3) is 5.32. The van der Waals surface area contributed by atoms with Crippen molar-refractivity contribution in [2.75, 3.05) is 20.0 Å². The molecule has 1 saturated heterocycles. The zero-order valence-electron chi connectivity index (χ0n) is 15.0. The molecule has 1 fully saturated rings. The standard InChI is InChI=1S/C14H25NO8S/c1-13(2,3)23-12(17)15-9(8-21-24(7,18)19)10(11(16)20-6)22-14(15,4)5/h9-10H,8H2,1-7H3/t9-,10+/m1/s1. The Morgan fingerprint density at radius 3 is 2.21 bits per heavy atom. The number of rotatable bonds is 4. The van der Waals surface area contributed by atoms with Gasteiger partial charge < -0.3 is 14.2 Å². The highest BCUT2D eigenvalue weighted by atomic mass is 32.2. The molecule has 10 heteroatoms. The summed E-state index contributed by atoms with van der Waals surface area (Å²) in [5.74, 6) is -0.740. The molecule has 9 nitrogen and oxygen atoms in total. The fourth-order valence-corrected chi connectivity index (χ4v) is 2.71. The van der Waals surface area contributed by atoms with Crippen LogP contribution in [-0.2, 0) is 33.3 Å². The van der Waals surface area contributed by atoms with Crippen LogP contribution in [0.3, 0.4) is 0 Å². The molecule has 0 bridgehead atoms. The average Bonchev–Trinajstić information content (AvgIpc) is 2.63. The van der Waals surface area contributed by atoms with E-state index in [2.05, 4.69) is 4.74 Å². The molecule has 0 unspecified atom stereocenters. The van der Waals surface area contributed by atoms with Crippen LogP contribution in [0.1, 0.15) is 34.6 Å². The summed E-state index contributed by atoms with van der Waals surface area (Å²) in [6.45, 7) is 7.74. The molecule has 0 aromatic rings. The van der Waals surface area contributed by atoms with Gasteiger partial charge in [-0.3, -0.25) is 9.08 Å². The predicted molar refractivity (Wildman–Crippen MR) is 83.6 cm³/mol. The van der Waals surface area contributed by atoms with Gasteiger partial charge in [0.05, 0.1) is 26.0 Å². The van der Waals surface area contributed by atoms with Crippen molar-refractivity contribution in [2.24, 2.45) is 0 Å². The third-order valence-electron chi connectivity index (χ3n) is 3.15. The van der Waals surface area contributed by atoms with E-state index in [1.165, 1.54) is 7.11 Å². The third-order valence-corrected chi connectivity index (χ3v) is 3.72. The highest BCUT2D eigenvalue weighted by molar-refractivity contribution is 7.85. The van der Waals surface area contributed by atoms with E-state index in [9.17, 15) is 18.0 Å². The molecule has 0 saturated carbocycles. The van der Waals surface area contributed by atoms with Crippen molar-refractivity contribution >= 4 is 22.2 Å². The monoisotopic (exact) mass is 367 g/mol. The number of ether oxygens (including phenoxy) is 3. The van der Waals surface area contributed by atoms with Gasteiger partial charge in [-0.25, -0.2) is 9.59 Å². The number of hydrogen-bond acceptors (Lipinski definition) is 8. The first-order valence-electron chi connectivity index (χ1n) is 7.30. The molecule has 140 valence electrons. The highest BCUT2D eigenvalue weighted by Gasteiger charge is 2.54. The van der Waals surface area contributed by atoms with Crippen LogP contribution < -0.4 is 0 Å². The number of nitrogens with zero attached hydrogens (tertiary/aromatic N) is 1. The molecule has 1 aliphatic rings. The Bertz CT molecular complexity index is 592. The van der Waals surface area contributed by atoms with E-state index in [0.717, 1.165) is 11.2 Å². The molecule has 0 aliphatic carbocycles. The van der Waals surface area contributed by atoms with E-state index in [0.29, 0.717) is 0 Å². The van der Waals surface area contributed by atoms with Crippen LogP contribution in [0.25, 0.3) is 0 Å². The van der Waals surface area contributed by atoms with Gasteiger partial charge in [0.2, 0.25) is 0 Å². The molecule has 2 atom stereocenters. The van der Waals surface area contributed by atoms with Crippen molar-refractivity contribution in [3.05, 3.63) is 0 Å². The number of amides is 1. The minimum atomic E-state index is -3.78. The van der Waals surface area contributed by atoms with Crippen LogP contribution >= 0.6 is 0 Å². The lowest BCUT2D eigenvalue weighted by Gasteiger charge is -2.34. The fraction of sp³-hybridized carbons (Fsp3) is 0.857. The van der Waals surface area contributed by atoms with Crippen molar-refractivity contribution in [3.63, 3.8) is 0 Å². The van der Waals surface area contributed by atoms with Gasteiger partial charge in [-0.1, -0.05) is 0 Å².